The van der Waals surface area contributed by atoms with E-state index in [1.54, 1.807) is 0 Å². The van der Waals surface area contributed by atoms with Gasteiger partial charge in [-0.2, -0.15) is 0 Å². The molecule has 0 spiro atoms. The van der Waals surface area contributed by atoms with Crippen molar-refractivity contribution in [3.63, 3.8) is 0 Å². The highest BCUT2D eigenvalue weighted by Crippen LogP contribution is 2.24. The maximum absolute atomic E-state index is 4.78. The normalized spacial score (nSPS) is 26.1. The van der Waals surface area contributed by atoms with Gasteiger partial charge in [-0.1, -0.05) is 38.2 Å². The van der Waals surface area contributed by atoms with E-state index in [-0.39, 0.29) is 6.04 Å². The molecule has 2 unspecified atom stereocenters. The molecule has 1 aliphatic carbocycles. The largest absolute Gasteiger partial charge is 0.388 e. The SMILES string of the molecule is C/C=C(\C=C(/C)C1=NC2C=CC(C(C)C)=CC2N1)NC. The van der Waals surface area contributed by atoms with Gasteiger partial charge in [-0.15, -0.1) is 0 Å². The minimum absolute atomic E-state index is 0.236. The van der Waals surface area contributed by atoms with Gasteiger partial charge < -0.3 is 10.6 Å². The van der Waals surface area contributed by atoms with Crippen LogP contribution < -0.4 is 10.6 Å². The zero-order chi connectivity index (χ0) is 14.7. The van der Waals surface area contributed by atoms with Gasteiger partial charge in [-0.25, -0.2) is 0 Å². The second-order valence-corrected chi connectivity index (χ2v) is 5.64. The monoisotopic (exact) mass is 271 g/mol. The summed E-state index contributed by atoms with van der Waals surface area (Å²) < 4.78 is 0. The fourth-order valence-corrected chi connectivity index (χ4v) is 2.49. The molecule has 0 aromatic rings. The van der Waals surface area contributed by atoms with E-state index in [2.05, 4.69) is 61.8 Å². The molecule has 108 valence electrons. The molecule has 2 atom stereocenters. The number of fused-ring (bicyclic) bond motifs is 1. The first-order valence-corrected chi connectivity index (χ1v) is 7.32. The Morgan fingerprint density at radius 3 is 2.80 bits per heavy atom. The number of hydrogen-bond acceptors (Lipinski definition) is 3. The van der Waals surface area contributed by atoms with Gasteiger partial charge in [0.15, 0.2) is 0 Å². The average Bonchev–Trinajstić information content (AvgIpc) is 2.87. The van der Waals surface area contributed by atoms with E-state index in [9.17, 15) is 0 Å². The molecule has 0 radical (unpaired) electrons. The smallest absolute Gasteiger partial charge is 0.125 e. The number of amidine groups is 1. The Hall–Kier alpha value is -1.77. The van der Waals surface area contributed by atoms with Crippen LogP contribution in [0.5, 0.6) is 0 Å². The first kappa shape index (κ1) is 14.6. The van der Waals surface area contributed by atoms with Crippen LogP contribution in [0.3, 0.4) is 0 Å². The number of hydrogen-bond donors (Lipinski definition) is 2. The van der Waals surface area contributed by atoms with E-state index in [4.69, 9.17) is 4.99 Å². The maximum atomic E-state index is 4.78. The minimum Gasteiger partial charge on any atom is -0.388 e. The summed E-state index contributed by atoms with van der Waals surface area (Å²) >= 11 is 0. The number of aliphatic imine (C=N–C) groups is 1. The minimum atomic E-state index is 0.236. The Balaban J connectivity index is 2.14. The molecule has 2 rings (SSSR count). The third-order valence-corrected chi connectivity index (χ3v) is 3.82. The topological polar surface area (TPSA) is 36.4 Å². The van der Waals surface area contributed by atoms with Crippen molar-refractivity contribution in [2.75, 3.05) is 7.05 Å². The summed E-state index contributed by atoms with van der Waals surface area (Å²) in [5, 5.41) is 6.70. The highest BCUT2D eigenvalue weighted by atomic mass is 15.1. The van der Waals surface area contributed by atoms with Crippen LogP contribution in [-0.2, 0) is 0 Å². The molecular weight excluding hydrogens is 246 g/mol. The first-order valence-electron chi connectivity index (χ1n) is 7.32. The van der Waals surface area contributed by atoms with Gasteiger partial charge in [0.2, 0.25) is 0 Å². The van der Waals surface area contributed by atoms with E-state index in [1.807, 2.05) is 14.0 Å². The zero-order valence-electron chi connectivity index (χ0n) is 13.1. The molecule has 3 nitrogen and oxygen atoms in total. The average molecular weight is 271 g/mol. The van der Waals surface area contributed by atoms with E-state index in [0.29, 0.717) is 12.0 Å². The third kappa shape index (κ3) is 3.03. The molecule has 0 aromatic heterocycles. The molecule has 2 N–H and O–H groups in total. The van der Waals surface area contributed by atoms with Gasteiger partial charge in [0.05, 0.1) is 12.1 Å². The molecule has 3 heteroatoms. The van der Waals surface area contributed by atoms with Crippen molar-refractivity contribution in [2.24, 2.45) is 10.9 Å². The van der Waals surface area contributed by atoms with Crippen molar-refractivity contribution in [2.45, 2.75) is 39.8 Å². The Labute approximate surface area is 122 Å². The summed E-state index contributed by atoms with van der Waals surface area (Å²) in [5.74, 6) is 1.56. The number of nitrogens with one attached hydrogen (secondary N) is 2. The fraction of sp³-hybridized carbons (Fsp3) is 0.471. The van der Waals surface area contributed by atoms with Gasteiger partial charge in [0.25, 0.3) is 0 Å². The summed E-state index contributed by atoms with van der Waals surface area (Å²) in [6.07, 6.45) is 10.9. The van der Waals surface area contributed by atoms with Crippen molar-refractivity contribution in [3.05, 3.63) is 47.2 Å². The quantitative estimate of drug-likeness (QED) is 0.771. The van der Waals surface area contributed by atoms with Gasteiger partial charge in [0, 0.05) is 12.7 Å². The molecule has 0 bridgehead atoms. The number of nitrogens with zero attached hydrogens (tertiary/aromatic N) is 1. The highest BCUT2D eigenvalue weighted by molar-refractivity contribution is 6.00. The van der Waals surface area contributed by atoms with Crippen LogP contribution in [0.1, 0.15) is 27.7 Å². The van der Waals surface area contributed by atoms with Crippen molar-refractivity contribution in [3.8, 4) is 0 Å². The predicted octanol–water partition coefficient (Wildman–Crippen LogP) is 2.95. The van der Waals surface area contributed by atoms with Gasteiger partial charge >= 0.3 is 0 Å². The van der Waals surface area contributed by atoms with E-state index in [0.717, 1.165) is 17.1 Å². The lowest BCUT2D eigenvalue weighted by Gasteiger charge is -2.20. The standard InChI is InChI=1S/C17H25N3/c1-6-14(18-5)9-12(4)17-19-15-8-7-13(11(2)3)10-16(15)20-17/h6-11,15-16,18H,1-5H3,(H,19,20)/b12-9+,14-6+. The predicted molar refractivity (Wildman–Crippen MR) is 86.8 cm³/mol. The van der Waals surface area contributed by atoms with E-state index < -0.39 is 0 Å². The maximum Gasteiger partial charge on any atom is 0.125 e. The van der Waals surface area contributed by atoms with Crippen LogP contribution in [0, 0.1) is 5.92 Å². The molecule has 0 saturated carbocycles. The van der Waals surface area contributed by atoms with E-state index in [1.165, 1.54) is 5.57 Å². The molecule has 2 aliphatic rings. The number of allylic oxidation sites excluding steroid dienone is 4. The van der Waals surface area contributed by atoms with Gasteiger partial charge in [-0.3, -0.25) is 4.99 Å². The Bertz CT molecular complexity index is 518. The van der Waals surface area contributed by atoms with Crippen molar-refractivity contribution < 1.29 is 0 Å². The summed E-state index contributed by atoms with van der Waals surface area (Å²) in [6.45, 7) is 8.58. The lowest BCUT2D eigenvalue weighted by molar-refractivity contribution is 0.666. The molecular formula is C17H25N3. The summed E-state index contributed by atoms with van der Waals surface area (Å²) in [5.41, 5.74) is 3.66. The second-order valence-electron chi connectivity index (χ2n) is 5.64. The molecule has 1 aliphatic heterocycles. The molecule has 1 heterocycles. The van der Waals surface area contributed by atoms with Gasteiger partial charge in [0.1, 0.15) is 5.84 Å². The second kappa shape index (κ2) is 6.12. The third-order valence-electron chi connectivity index (χ3n) is 3.82. The summed E-state index contributed by atoms with van der Waals surface area (Å²) in [7, 11) is 1.93. The van der Waals surface area contributed by atoms with Crippen LogP contribution in [0.4, 0.5) is 0 Å². The van der Waals surface area contributed by atoms with Crippen molar-refractivity contribution >= 4 is 5.84 Å². The van der Waals surface area contributed by atoms with Crippen LogP contribution in [0.25, 0.3) is 0 Å². The lowest BCUT2D eigenvalue weighted by atomic mass is 9.93. The van der Waals surface area contributed by atoms with Gasteiger partial charge in [-0.05, 0) is 37.0 Å². The molecule has 0 aromatic carbocycles. The van der Waals surface area contributed by atoms with Crippen molar-refractivity contribution in [1.82, 2.24) is 10.6 Å². The summed E-state index contributed by atoms with van der Waals surface area (Å²) in [6, 6.07) is 0.541. The van der Waals surface area contributed by atoms with Crippen LogP contribution in [-0.4, -0.2) is 25.0 Å². The Morgan fingerprint density at radius 2 is 2.20 bits per heavy atom. The summed E-state index contributed by atoms with van der Waals surface area (Å²) in [4.78, 5) is 4.78. The molecule has 0 fully saturated rings. The Morgan fingerprint density at radius 1 is 1.45 bits per heavy atom. The van der Waals surface area contributed by atoms with E-state index >= 15 is 0 Å². The first-order chi connectivity index (χ1) is 9.55. The lowest BCUT2D eigenvalue weighted by Crippen LogP contribution is -2.34. The fourth-order valence-electron chi connectivity index (χ4n) is 2.49. The molecule has 20 heavy (non-hydrogen) atoms. The van der Waals surface area contributed by atoms with Crippen LogP contribution in [0.2, 0.25) is 0 Å². The van der Waals surface area contributed by atoms with Crippen LogP contribution in [0.15, 0.2) is 52.2 Å². The molecule has 0 amide bonds. The zero-order valence-corrected chi connectivity index (χ0v) is 13.1. The Kier molecular flexibility index (Phi) is 4.48. The number of rotatable bonds is 4. The number of likely N-dealkylation sites (N-methyl/N-ethyl adjacent to an activating group) is 1. The highest BCUT2D eigenvalue weighted by Gasteiger charge is 2.28. The molecule has 0 saturated heterocycles. The van der Waals surface area contributed by atoms with Crippen molar-refractivity contribution in [1.29, 1.82) is 0 Å². The van der Waals surface area contributed by atoms with Crippen LogP contribution >= 0.6 is 0 Å².